The largest absolute Gasteiger partial charge is 0.359 e. The van der Waals surface area contributed by atoms with Crippen molar-refractivity contribution >= 4 is 38.1 Å². The molecule has 0 fully saturated rings. The van der Waals surface area contributed by atoms with Crippen LogP contribution in [-0.4, -0.2) is 38.0 Å². The van der Waals surface area contributed by atoms with Crippen molar-refractivity contribution in [1.29, 1.82) is 0 Å². The molecule has 2 N–H and O–H groups in total. The molecule has 1 heterocycles. The molecule has 2 aromatic rings. The fourth-order valence-electron chi connectivity index (χ4n) is 3.19. The number of aryl methyl sites for hydroxylation is 1. The summed E-state index contributed by atoms with van der Waals surface area (Å²) in [4.78, 5) is 30.0. The molecule has 0 saturated heterocycles. The smallest absolute Gasteiger partial charge is 0.230 e. The number of benzene rings is 1. The number of sulfone groups is 1. The first-order valence-electron chi connectivity index (χ1n) is 9.14. The second kappa shape index (κ2) is 8.40. The van der Waals surface area contributed by atoms with Gasteiger partial charge in [0, 0.05) is 17.8 Å². The van der Waals surface area contributed by atoms with Crippen molar-refractivity contribution in [2.45, 2.75) is 37.5 Å². The Morgan fingerprint density at radius 2 is 1.96 bits per heavy atom. The summed E-state index contributed by atoms with van der Waals surface area (Å²) >= 11 is 1.41. The molecule has 0 spiro atoms. The minimum absolute atomic E-state index is 0.0400. The van der Waals surface area contributed by atoms with Crippen LogP contribution in [0.5, 0.6) is 0 Å². The van der Waals surface area contributed by atoms with E-state index in [4.69, 9.17) is 0 Å². The van der Waals surface area contributed by atoms with Crippen molar-refractivity contribution in [3.63, 3.8) is 0 Å². The number of rotatable bonds is 6. The molecule has 3 rings (SSSR count). The molecule has 1 atom stereocenters. The molecule has 0 radical (unpaired) electrons. The van der Waals surface area contributed by atoms with E-state index in [0.29, 0.717) is 11.6 Å². The normalized spacial score (nSPS) is 16.3. The SMILES string of the molecule is CCS(=O)(=O)c1ccc(CC(=O)Nc2nc3c(s2)CC(C(=O)NC)CC3)cc1. The molecule has 1 aromatic carbocycles. The number of aromatic nitrogens is 1. The van der Waals surface area contributed by atoms with Gasteiger partial charge in [-0.05, 0) is 37.0 Å². The van der Waals surface area contributed by atoms with E-state index >= 15 is 0 Å². The average molecular weight is 422 g/mol. The Hall–Kier alpha value is -2.26. The maximum absolute atomic E-state index is 12.3. The topological polar surface area (TPSA) is 105 Å². The van der Waals surface area contributed by atoms with Gasteiger partial charge in [0.1, 0.15) is 0 Å². The minimum Gasteiger partial charge on any atom is -0.359 e. The molecule has 7 nitrogen and oxygen atoms in total. The van der Waals surface area contributed by atoms with E-state index in [0.717, 1.165) is 29.0 Å². The molecule has 2 amide bonds. The summed E-state index contributed by atoms with van der Waals surface area (Å²) in [6, 6.07) is 6.37. The Bertz CT molecular complexity index is 981. The second-order valence-corrected chi connectivity index (χ2v) is 10.1. The lowest BCUT2D eigenvalue weighted by Crippen LogP contribution is -2.31. The first-order valence-corrected chi connectivity index (χ1v) is 11.6. The summed E-state index contributed by atoms with van der Waals surface area (Å²) in [5.41, 5.74) is 1.68. The van der Waals surface area contributed by atoms with Crippen LogP contribution in [0, 0.1) is 5.92 Å². The van der Waals surface area contributed by atoms with Crippen LogP contribution >= 0.6 is 11.3 Å². The number of thiazole rings is 1. The minimum atomic E-state index is -3.24. The third-order valence-corrected chi connectivity index (χ3v) is 7.62. The van der Waals surface area contributed by atoms with Gasteiger partial charge in [-0.25, -0.2) is 13.4 Å². The van der Waals surface area contributed by atoms with Crippen LogP contribution < -0.4 is 10.6 Å². The number of fused-ring (bicyclic) bond motifs is 1. The highest BCUT2D eigenvalue weighted by Crippen LogP contribution is 2.32. The maximum Gasteiger partial charge on any atom is 0.230 e. The molecule has 1 aliphatic rings. The van der Waals surface area contributed by atoms with Crippen molar-refractivity contribution in [3.8, 4) is 0 Å². The molecule has 150 valence electrons. The monoisotopic (exact) mass is 421 g/mol. The van der Waals surface area contributed by atoms with Crippen LogP contribution in [0.4, 0.5) is 5.13 Å². The molecular formula is C19H23N3O4S2. The lowest BCUT2D eigenvalue weighted by Gasteiger charge is -2.19. The molecule has 1 aromatic heterocycles. The Labute approximate surface area is 168 Å². The number of nitrogens with zero attached hydrogens (tertiary/aromatic N) is 1. The lowest BCUT2D eigenvalue weighted by atomic mass is 9.90. The predicted molar refractivity (Wildman–Crippen MR) is 108 cm³/mol. The van der Waals surface area contributed by atoms with Crippen LogP contribution in [0.25, 0.3) is 0 Å². The number of hydrogen-bond acceptors (Lipinski definition) is 6. The number of carbonyl (C=O) groups excluding carboxylic acids is 2. The third kappa shape index (κ3) is 4.59. The van der Waals surface area contributed by atoms with Crippen LogP contribution in [0.3, 0.4) is 0 Å². The van der Waals surface area contributed by atoms with Gasteiger partial charge in [0.15, 0.2) is 15.0 Å². The maximum atomic E-state index is 12.3. The summed E-state index contributed by atoms with van der Waals surface area (Å²) < 4.78 is 23.7. The molecule has 9 heteroatoms. The zero-order valence-electron chi connectivity index (χ0n) is 15.8. The van der Waals surface area contributed by atoms with Gasteiger partial charge in [-0.15, -0.1) is 11.3 Å². The van der Waals surface area contributed by atoms with E-state index in [1.165, 1.54) is 23.5 Å². The zero-order valence-corrected chi connectivity index (χ0v) is 17.5. The van der Waals surface area contributed by atoms with Crippen molar-refractivity contribution in [2.24, 2.45) is 5.92 Å². The highest BCUT2D eigenvalue weighted by molar-refractivity contribution is 7.91. The Balaban J connectivity index is 1.62. The van der Waals surface area contributed by atoms with Gasteiger partial charge < -0.3 is 10.6 Å². The van der Waals surface area contributed by atoms with Crippen molar-refractivity contribution in [3.05, 3.63) is 40.4 Å². The van der Waals surface area contributed by atoms with Crippen molar-refractivity contribution in [1.82, 2.24) is 10.3 Å². The average Bonchev–Trinajstić information content (AvgIpc) is 3.08. The number of anilines is 1. The van der Waals surface area contributed by atoms with Gasteiger partial charge in [0.05, 0.1) is 22.8 Å². The standard InChI is InChI=1S/C19H23N3O4S2/c1-3-28(25,26)14-7-4-12(5-8-14)10-17(23)22-19-21-15-9-6-13(18(24)20-2)11-16(15)27-19/h4-5,7-8,13H,3,6,9-11H2,1-2H3,(H,20,24)(H,21,22,23). The van der Waals surface area contributed by atoms with E-state index < -0.39 is 9.84 Å². The highest BCUT2D eigenvalue weighted by atomic mass is 32.2. The van der Waals surface area contributed by atoms with Gasteiger partial charge in [-0.3, -0.25) is 9.59 Å². The van der Waals surface area contributed by atoms with Gasteiger partial charge in [0.25, 0.3) is 0 Å². The van der Waals surface area contributed by atoms with Crippen molar-refractivity contribution < 1.29 is 18.0 Å². The van der Waals surface area contributed by atoms with E-state index in [2.05, 4.69) is 15.6 Å². The van der Waals surface area contributed by atoms with Crippen molar-refractivity contribution in [2.75, 3.05) is 18.1 Å². The second-order valence-electron chi connectivity index (χ2n) is 6.72. The number of hydrogen-bond donors (Lipinski definition) is 2. The Morgan fingerprint density at radius 1 is 1.25 bits per heavy atom. The summed E-state index contributed by atoms with van der Waals surface area (Å²) in [6.45, 7) is 1.60. The summed E-state index contributed by atoms with van der Waals surface area (Å²) in [5, 5.41) is 6.04. The summed E-state index contributed by atoms with van der Waals surface area (Å²) in [7, 11) is -1.60. The Morgan fingerprint density at radius 3 is 2.61 bits per heavy atom. The van der Waals surface area contributed by atoms with Gasteiger partial charge >= 0.3 is 0 Å². The molecule has 0 aliphatic heterocycles. The lowest BCUT2D eigenvalue weighted by molar-refractivity contribution is -0.124. The van der Waals surface area contributed by atoms with Gasteiger partial charge in [-0.2, -0.15) is 0 Å². The molecule has 1 unspecified atom stereocenters. The molecule has 0 saturated carbocycles. The highest BCUT2D eigenvalue weighted by Gasteiger charge is 2.27. The number of amides is 2. The molecule has 28 heavy (non-hydrogen) atoms. The van der Waals surface area contributed by atoms with E-state index in [1.54, 1.807) is 26.1 Å². The van der Waals surface area contributed by atoms with E-state index in [9.17, 15) is 18.0 Å². The number of carbonyl (C=O) groups is 2. The van der Waals surface area contributed by atoms with Crippen LogP contribution in [-0.2, 0) is 38.7 Å². The van der Waals surface area contributed by atoms with E-state index in [-0.39, 0.29) is 34.8 Å². The molecular weight excluding hydrogens is 398 g/mol. The summed E-state index contributed by atoms with van der Waals surface area (Å²) in [5.74, 6) is -0.167. The van der Waals surface area contributed by atoms with Crippen LogP contribution in [0.15, 0.2) is 29.2 Å². The van der Waals surface area contributed by atoms with Crippen LogP contribution in [0.2, 0.25) is 0 Å². The fraction of sp³-hybridized carbons (Fsp3) is 0.421. The quantitative estimate of drug-likeness (QED) is 0.742. The number of nitrogens with one attached hydrogen (secondary N) is 2. The van der Waals surface area contributed by atoms with Crippen LogP contribution in [0.1, 0.15) is 29.5 Å². The third-order valence-electron chi connectivity index (χ3n) is 4.83. The fourth-order valence-corrected chi connectivity index (χ4v) is 5.17. The zero-order chi connectivity index (χ0) is 20.3. The Kier molecular flexibility index (Phi) is 6.14. The van der Waals surface area contributed by atoms with Gasteiger partial charge in [0.2, 0.25) is 11.8 Å². The summed E-state index contributed by atoms with van der Waals surface area (Å²) in [6.07, 6.45) is 2.28. The molecule has 1 aliphatic carbocycles. The molecule has 0 bridgehead atoms. The van der Waals surface area contributed by atoms with E-state index in [1.807, 2.05) is 0 Å². The predicted octanol–water partition coefficient (Wildman–Crippen LogP) is 1.97. The van der Waals surface area contributed by atoms with Gasteiger partial charge in [-0.1, -0.05) is 19.1 Å². The first kappa shape index (κ1) is 20.5. The first-order chi connectivity index (χ1) is 13.3.